The molecular formula is C17H22N4O. The molecule has 116 valence electrons. The summed E-state index contributed by atoms with van der Waals surface area (Å²) in [6.07, 6.45) is 6.46. The summed E-state index contributed by atoms with van der Waals surface area (Å²) in [5, 5.41) is 7.95. The van der Waals surface area contributed by atoms with Crippen LogP contribution in [0.25, 0.3) is 10.9 Å². The van der Waals surface area contributed by atoms with Crippen molar-refractivity contribution in [2.45, 2.75) is 37.8 Å². The van der Waals surface area contributed by atoms with Crippen LogP contribution in [0.4, 0.5) is 0 Å². The summed E-state index contributed by atoms with van der Waals surface area (Å²) in [4.78, 5) is 17.6. The summed E-state index contributed by atoms with van der Waals surface area (Å²) in [7, 11) is 2.19. The number of nitrogens with zero attached hydrogens (tertiary/aromatic N) is 3. The molecule has 1 N–H and O–H groups in total. The van der Waals surface area contributed by atoms with Gasteiger partial charge >= 0.3 is 0 Å². The van der Waals surface area contributed by atoms with E-state index in [4.69, 9.17) is 0 Å². The molecule has 4 rings (SSSR count). The normalized spacial score (nSPS) is 26.1. The number of aromatic amines is 1. The first kappa shape index (κ1) is 13.8. The molecule has 2 aliphatic rings. The maximum atomic E-state index is 13.1. The number of rotatable bonds is 2. The largest absolute Gasteiger partial charge is 0.334 e. The van der Waals surface area contributed by atoms with Crippen molar-refractivity contribution in [1.82, 2.24) is 20.0 Å². The topological polar surface area (TPSA) is 52.2 Å². The standard InChI is InChI=1S/C17H22N4O/c1-20-9-3-7-15(20)16-8-4-10-21(16)17(22)12-5-2-6-14-13(12)11-18-19-14/h2,5-6,11,15-16H,3-4,7-10H2,1H3,(H,18,19)/t15-,16+/m1/s1. The van der Waals surface area contributed by atoms with Gasteiger partial charge in [-0.1, -0.05) is 6.07 Å². The first-order chi connectivity index (χ1) is 10.8. The predicted molar refractivity (Wildman–Crippen MR) is 85.8 cm³/mol. The molecule has 0 bridgehead atoms. The molecule has 2 aliphatic heterocycles. The Kier molecular flexibility index (Phi) is 3.37. The van der Waals surface area contributed by atoms with Crippen LogP contribution in [0, 0.1) is 0 Å². The Hall–Kier alpha value is -1.88. The second kappa shape index (κ2) is 5.39. The monoisotopic (exact) mass is 298 g/mol. The predicted octanol–water partition coefficient (Wildman–Crippen LogP) is 2.26. The van der Waals surface area contributed by atoms with E-state index in [2.05, 4.69) is 27.0 Å². The van der Waals surface area contributed by atoms with Gasteiger partial charge in [0.15, 0.2) is 0 Å². The highest BCUT2D eigenvalue weighted by Crippen LogP contribution is 2.31. The highest BCUT2D eigenvalue weighted by atomic mass is 16.2. The number of nitrogens with one attached hydrogen (secondary N) is 1. The van der Waals surface area contributed by atoms with E-state index in [-0.39, 0.29) is 5.91 Å². The molecule has 5 heteroatoms. The molecule has 3 heterocycles. The molecule has 22 heavy (non-hydrogen) atoms. The average molecular weight is 298 g/mol. The molecule has 0 unspecified atom stereocenters. The molecule has 1 aromatic heterocycles. The van der Waals surface area contributed by atoms with E-state index < -0.39 is 0 Å². The molecule has 2 fully saturated rings. The number of aromatic nitrogens is 2. The van der Waals surface area contributed by atoms with Gasteiger partial charge in [-0.05, 0) is 51.4 Å². The number of H-pyrrole nitrogens is 1. The van der Waals surface area contributed by atoms with E-state index in [1.54, 1.807) is 6.20 Å². The fourth-order valence-corrected chi connectivity index (χ4v) is 4.18. The molecule has 1 aromatic carbocycles. The minimum atomic E-state index is 0.162. The first-order valence-electron chi connectivity index (χ1n) is 8.19. The molecule has 2 saturated heterocycles. The second-order valence-electron chi connectivity index (χ2n) is 6.54. The van der Waals surface area contributed by atoms with Crippen molar-refractivity contribution in [2.24, 2.45) is 0 Å². The number of amides is 1. The van der Waals surface area contributed by atoms with E-state index >= 15 is 0 Å². The zero-order valence-corrected chi connectivity index (χ0v) is 13.0. The smallest absolute Gasteiger partial charge is 0.254 e. The Bertz CT molecular complexity index is 695. The van der Waals surface area contributed by atoms with Crippen molar-refractivity contribution in [3.8, 4) is 0 Å². The number of carbonyl (C=O) groups is 1. The molecule has 1 amide bonds. The summed E-state index contributed by atoms with van der Waals surface area (Å²) >= 11 is 0. The number of likely N-dealkylation sites (tertiary alicyclic amines) is 2. The summed E-state index contributed by atoms with van der Waals surface area (Å²) in [5.74, 6) is 0.162. The molecule has 5 nitrogen and oxygen atoms in total. The van der Waals surface area contributed by atoms with E-state index in [0.29, 0.717) is 12.1 Å². The van der Waals surface area contributed by atoms with Crippen LogP contribution in [0.1, 0.15) is 36.0 Å². The van der Waals surface area contributed by atoms with Crippen LogP contribution in [-0.4, -0.2) is 58.1 Å². The average Bonchev–Trinajstić information content (AvgIpc) is 3.25. The van der Waals surface area contributed by atoms with Crippen molar-refractivity contribution in [3.63, 3.8) is 0 Å². The lowest BCUT2D eigenvalue weighted by atomic mass is 10.0. The van der Waals surface area contributed by atoms with Gasteiger partial charge in [0.25, 0.3) is 5.91 Å². The second-order valence-corrected chi connectivity index (χ2v) is 6.54. The number of hydrogen-bond donors (Lipinski definition) is 1. The fourth-order valence-electron chi connectivity index (χ4n) is 4.18. The molecule has 2 aromatic rings. The van der Waals surface area contributed by atoms with Gasteiger partial charge in [-0.3, -0.25) is 9.89 Å². The zero-order chi connectivity index (χ0) is 15.1. The number of benzene rings is 1. The highest BCUT2D eigenvalue weighted by molar-refractivity contribution is 6.06. The van der Waals surface area contributed by atoms with Crippen LogP contribution in [-0.2, 0) is 0 Å². The van der Waals surface area contributed by atoms with Gasteiger partial charge in [0.05, 0.1) is 17.3 Å². The Morgan fingerprint density at radius 3 is 2.86 bits per heavy atom. The van der Waals surface area contributed by atoms with Gasteiger partial charge in [0.1, 0.15) is 0 Å². The Morgan fingerprint density at radius 1 is 1.23 bits per heavy atom. The van der Waals surface area contributed by atoms with Gasteiger partial charge in [0, 0.05) is 24.0 Å². The van der Waals surface area contributed by atoms with E-state index in [1.165, 1.54) is 12.8 Å². The van der Waals surface area contributed by atoms with Crippen LogP contribution in [0.15, 0.2) is 24.4 Å². The Balaban J connectivity index is 1.65. The summed E-state index contributed by atoms with van der Waals surface area (Å²) < 4.78 is 0. The quantitative estimate of drug-likeness (QED) is 0.925. The molecule has 0 saturated carbocycles. The van der Waals surface area contributed by atoms with Crippen molar-refractivity contribution in [1.29, 1.82) is 0 Å². The number of carbonyl (C=O) groups excluding carboxylic acids is 1. The van der Waals surface area contributed by atoms with Crippen LogP contribution in [0.5, 0.6) is 0 Å². The van der Waals surface area contributed by atoms with Crippen LogP contribution in [0.3, 0.4) is 0 Å². The molecular weight excluding hydrogens is 276 g/mol. The SMILES string of the molecule is CN1CCC[C@@H]1[C@@H]1CCCN1C(=O)c1cccc2[nH]ncc12. The van der Waals surface area contributed by atoms with Gasteiger partial charge < -0.3 is 9.80 Å². The van der Waals surface area contributed by atoms with Crippen molar-refractivity contribution < 1.29 is 4.79 Å². The molecule has 2 atom stereocenters. The van der Waals surface area contributed by atoms with E-state index in [0.717, 1.165) is 42.4 Å². The van der Waals surface area contributed by atoms with Gasteiger partial charge in [0.2, 0.25) is 0 Å². The first-order valence-corrected chi connectivity index (χ1v) is 8.19. The summed E-state index contributed by atoms with van der Waals surface area (Å²) in [6.45, 7) is 2.03. The third kappa shape index (κ3) is 2.11. The van der Waals surface area contributed by atoms with E-state index in [9.17, 15) is 4.79 Å². The third-order valence-electron chi connectivity index (χ3n) is 5.30. The number of fused-ring (bicyclic) bond motifs is 1. The summed E-state index contributed by atoms with van der Waals surface area (Å²) in [6, 6.07) is 6.71. The van der Waals surface area contributed by atoms with Crippen molar-refractivity contribution in [3.05, 3.63) is 30.0 Å². The lowest BCUT2D eigenvalue weighted by molar-refractivity contribution is 0.0666. The van der Waals surface area contributed by atoms with Crippen LogP contribution >= 0.6 is 0 Å². The minimum absolute atomic E-state index is 0.162. The van der Waals surface area contributed by atoms with Gasteiger partial charge in [-0.25, -0.2) is 0 Å². The van der Waals surface area contributed by atoms with Crippen molar-refractivity contribution >= 4 is 16.8 Å². The maximum absolute atomic E-state index is 13.1. The van der Waals surface area contributed by atoms with Gasteiger partial charge in [-0.15, -0.1) is 0 Å². The molecule has 0 radical (unpaired) electrons. The summed E-state index contributed by atoms with van der Waals surface area (Å²) in [5.41, 5.74) is 1.71. The lowest BCUT2D eigenvalue weighted by Crippen LogP contribution is -2.47. The van der Waals surface area contributed by atoms with Crippen LogP contribution in [0.2, 0.25) is 0 Å². The number of likely N-dealkylation sites (N-methyl/N-ethyl adjacent to an activating group) is 1. The molecule has 0 spiro atoms. The Labute approximate surface area is 130 Å². The lowest BCUT2D eigenvalue weighted by Gasteiger charge is -2.33. The third-order valence-corrected chi connectivity index (χ3v) is 5.30. The number of hydrogen-bond acceptors (Lipinski definition) is 3. The van der Waals surface area contributed by atoms with Gasteiger partial charge in [-0.2, -0.15) is 5.10 Å². The minimum Gasteiger partial charge on any atom is -0.334 e. The van der Waals surface area contributed by atoms with Crippen LogP contribution < -0.4 is 0 Å². The fraction of sp³-hybridized carbons (Fsp3) is 0.529. The zero-order valence-electron chi connectivity index (χ0n) is 13.0. The van der Waals surface area contributed by atoms with Crippen molar-refractivity contribution in [2.75, 3.05) is 20.1 Å². The molecule has 0 aliphatic carbocycles. The van der Waals surface area contributed by atoms with E-state index in [1.807, 2.05) is 18.2 Å². The Morgan fingerprint density at radius 2 is 2.05 bits per heavy atom. The maximum Gasteiger partial charge on any atom is 0.254 e. The highest BCUT2D eigenvalue weighted by Gasteiger charge is 2.38.